The van der Waals surface area contributed by atoms with Crippen molar-refractivity contribution < 1.29 is 18.5 Å². The summed E-state index contributed by atoms with van der Waals surface area (Å²) in [6, 6.07) is 19.6. The van der Waals surface area contributed by atoms with E-state index in [-0.39, 0.29) is 18.9 Å². The SMILES string of the molecule is CCOP(=O)(OCC)C(c1ccccc1)c1ccc2ccccc2c1[N+](=O)[O-]. The molecule has 0 fully saturated rings. The Labute approximate surface area is 163 Å². The predicted molar refractivity (Wildman–Crippen MR) is 110 cm³/mol. The predicted octanol–water partition coefficient (Wildman–Crippen LogP) is 6.10. The molecule has 1 unspecified atom stereocenters. The summed E-state index contributed by atoms with van der Waals surface area (Å²) in [7, 11) is -3.72. The number of nitrogens with zero attached hydrogens (tertiary/aromatic N) is 1. The van der Waals surface area contributed by atoms with Crippen LogP contribution in [-0.2, 0) is 13.6 Å². The van der Waals surface area contributed by atoms with Gasteiger partial charge in [-0.3, -0.25) is 14.7 Å². The maximum Gasteiger partial charge on any atom is 0.342 e. The van der Waals surface area contributed by atoms with E-state index in [1.54, 1.807) is 62.4 Å². The van der Waals surface area contributed by atoms with Gasteiger partial charge in [-0.2, -0.15) is 0 Å². The third kappa shape index (κ3) is 3.85. The third-order valence-corrected chi connectivity index (χ3v) is 6.90. The molecule has 0 aromatic heterocycles. The Bertz CT molecular complexity index is 1010. The maximum atomic E-state index is 13.8. The molecule has 0 aliphatic heterocycles. The van der Waals surface area contributed by atoms with Crippen LogP contribution in [0.1, 0.15) is 30.6 Å². The van der Waals surface area contributed by atoms with Crippen molar-refractivity contribution >= 4 is 24.1 Å². The molecule has 3 aromatic carbocycles. The van der Waals surface area contributed by atoms with Crippen LogP contribution in [-0.4, -0.2) is 18.1 Å². The van der Waals surface area contributed by atoms with E-state index >= 15 is 0 Å². The van der Waals surface area contributed by atoms with Crippen molar-refractivity contribution in [2.24, 2.45) is 0 Å². The minimum Gasteiger partial charge on any atom is -0.308 e. The molecule has 0 aliphatic rings. The Hall–Kier alpha value is -2.53. The topological polar surface area (TPSA) is 78.7 Å². The Morgan fingerprint density at radius 1 is 0.929 bits per heavy atom. The number of nitro benzene ring substituents is 1. The Balaban J connectivity index is 2.34. The lowest BCUT2D eigenvalue weighted by molar-refractivity contribution is -0.383. The second kappa shape index (κ2) is 8.65. The van der Waals surface area contributed by atoms with Gasteiger partial charge in [0.25, 0.3) is 5.69 Å². The van der Waals surface area contributed by atoms with Gasteiger partial charge in [0.2, 0.25) is 0 Å². The summed E-state index contributed by atoms with van der Waals surface area (Å²) in [4.78, 5) is 11.6. The van der Waals surface area contributed by atoms with E-state index in [4.69, 9.17) is 9.05 Å². The zero-order valence-electron chi connectivity index (χ0n) is 15.8. The van der Waals surface area contributed by atoms with Gasteiger partial charge in [0.05, 0.1) is 29.1 Å². The molecule has 0 bridgehead atoms. The van der Waals surface area contributed by atoms with Crippen LogP contribution in [0.4, 0.5) is 5.69 Å². The zero-order chi connectivity index (χ0) is 20.1. The van der Waals surface area contributed by atoms with E-state index in [2.05, 4.69) is 0 Å². The molecule has 0 radical (unpaired) electrons. The molecule has 146 valence electrons. The number of nitro groups is 1. The molecule has 0 aliphatic carbocycles. The number of rotatable bonds is 8. The fourth-order valence-corrected chi connectivity index (χ4v) is 5.59. The number of fused-ring (bicyclic) bond motifs is 1. The van der Waals surface area contributed by atoms with Crippen LogP contribution < -0.4 is 0 Å². The number of hydrogen-bond donors (Lipinski definition) is 0. The third-order valence-electron chi connectivity index (χ3n) is 4.46. The zero-order valence-corrected chi connectivity index (χ0v) is 16.7. The molecule has 1 atom stereocenters. The van der Waals surface area contributed by atoms with Crippen LogP contribution in [0.15, 0.2) is 66.7 Å². The largest absolute Gasteiger partial charge is 0.342 e. The van der Waals surface area contributed by atoms with Crippen LogP contribution in [0.5, 0.6) is 0 Å². The van der Waals surface area contributed by atoms with Crippen molar-refractivity contribution in [1.29, 1.82) is 0 Å². The molecule has 0 amide bonds. The highest BCUT2D eigenvalue weighted by Gasteiger charge is 2.42. The molecule has 0 heterocycles. The van der Waals surface area contributed by atoms with E-state index in [1.165, 1.54) is 0 Å². The van der Waals surface area contributed by atoms with Crippen LogP contribution in [0, 0.1) is 10.1 Å². The molecule has 28 heavy (non-hydrogen) atoms. The summed E-state index contributed by atoms with van der Waals surface area (Å²) in [5.41, 5.74) is -0.0172. The minimum absolute atomic E-state index is 0.0772. The molecular weight excluding hydrogens is 377 g/mol. The number of benzene rings is 3. The van der Waals surface area contributed by atoms with Gasteiger partial charge in [0.1, 0.15) is 5.66 Å². The van der Waals surface area contributed by atoms with Crippen LogP contribution >= 0.6 is 7.60 Å². The fraction of sp³-hybridized carbons (Fsp3) is 0.238. The first-order valence-corrected chi connectivity index (χ1v) is 10.7. The summed E-state index contributed by atoms with van der Waals surface area (Å²) in [5.74, 6) is 0. The van der Waals surface area contributed by atoms with Crippen molar-refractivity contribution in [3.8, 4) is 0 Å². The monoisotopic (exact) mass is 399 g/mol. The van der Waals surface area contributed by atoms with Gasteiger partial charge < -0.3 is 9.05 Å². The van der Waals surface area contributed by atoms with Crippen molar-refractivity contribution in [2.75, 3.05) is 13.2 Å². The molecular formula is C21H22NO5P. The molecule has 3 aromatic rings. The van der Waals surface area contributed by atoms with Gasteiger partial charge in [-0.1, -0.05) is 60.7 Å². The van der Waals surface area contributed by atoms with Crippen LogP contribution in [0.25, 0.3) is 10.8 Å². The molecule has 0 saturated carbocycles. The van der Waals surface area contributed by atoms with E-state index in [0.717, 1.165) is 5.39 Å². The first kappa shape index (κ1) is 20.2. The Kier molecular flexibility index (Phi) is 6.25. The quantitative estimate of drug-likeness (QED) is 0.260. The summed E-state index contributed by atoms with van der Waals surface area (Å²) in [6.07, 6.45) is 0. The summed E-state index contributed by atoms with van der Waals surface area (Å²) in [5, 5.41) is 13.3. The standard InChI is InChI=1S/C21H22NO5P/c1-3-26-28(25,27-4-2)21(17-11-6-5-7-12-17)19-15-14-16-10-8-9-13-18(16)20(19)22(23)24/h5-15,21H,3-4H2,1-2H3. The van der Waals surface area contributed by atoms with Crippen molar-refractivity contribution in [1.82, 2.24) is 0 Å². The van der Waals surface area contributed by atoms with E-state index in [0.29, 0.717) is 16.5 Å². The highest BCUT2D eigenvalue weighted by atomic mass is 31.2. The molecule has 3 rings (SSSR count). The van der Waals surface area contributed by atoms with Crippen LogP contribution in [0.2, 0.25) is 0 Å². The van der Waals surface area contributed by atoms with Crippen LogP contribution in [0.3, 0.4) is 0 Å². The molecule has 7 heteroatoms. The summed E-state index contributed by atoms with van der Waals surface area (Å²) < 4.78 is 25.0. The number of hydrogen-bond acceptors (Lipinski definition) is 5. The summed E-state index contributed by atoms with van der Waals surface area (Å²) in [6.45, 7) is 3.79. The first-order valence-electron chi connectivity index (χ1n) is 9.11. The van der Waals surface area contributed by atoms with Gasteiger partial charge >= 0.3 is 7.60 Å². The normalized spacial score (nSPS) is 12.8. The van der Waals surface area contributed by atoms with E-state index < -0.39 is 18.2 Å². The average Bonchev–Trinajstić information content (AvgIpc) is 2.68. The second-order valence-corrected chi connectivity index (χ2v) is 8.28. The van der Waals surface area contributed by atoms with Gasteiger partial charge in [-0.05, 0) is 30.9 Å². The molecule has 0 saturated heterocycles. The summed E-state index contributed by atoms with van der Waals surface area (Å²) >= 11 is 0. The molecule has 6 nitrogen and oxygen atoms in total. The van der Waals surface area contributed by atoms with Gasteiger partial charge in [-0.15, -0.1) is 0 Å². The lowest BCUT2D eigenvalue weighted by Gasteiger charge is -2.27. The highest BCUT2D eigenvalue weighted by Crippen LogP contribution is 2.65. The first-order chi connectivity index (χ1) is 13.5. The Morgan fingerprint density at radius 2 is 1.54 bits per heavy atom. The maximum absolute atomic E-state index is 13.8. The smallest absolute Gasteiger partial charge is 0.308 e. The Morgan fingerprint density at radius 3 is 2.14 bits per heavy atom. The van der Waals surface area contributed by atoms with Crippen molar-refractivity contribution in [3.05, 3.63) is 88.0 Å². The minimum atomic E-state index is -3.72. The van der Waals surface area contributed by atoms with Gasteiger partial charge in [0, 0.05) is 0 Å². The second-order valence-electron chi connectivity index (χ2n) is 6.17. The van der Waals surface area contributed by atoms with E-state index in [1.807, 2.05) is 18.2 Å². The van der Waals surface area contributed by atoms with E-state index in [9.17, 15) is 14.7 Å². The van der Waals surface area contributed by atoms with Gasteiger partial charge in [-0.25, -0.2) is 0 Å². The van der Waals surface area contributed by atoms with Crippen molar-refractivity contribution in [3.63, 3.8) is 0 Å². The fourth-order valence-electron chi connectivity index (χ4n) is 3.41. The van der Waals surface area contributed by atoms with Gasteiger partial charge in [0.15, 0.2) is 0 Å². The van der Waals surface area contributed by atoms with Crippen molar-refractivity contribution in [2.45, 2.75) is 19.5 Å². The average molecular weight is 399 g/mol. The lowest BCUT2D eigenvalue weighted by Crippen LogP contribution is -2.11. The lowest BCUT2D eigenvalue weighted by atomic mass is 9.98. The molecule has 0 spiro atoms. The highest BCUT2D eigenvalue weighted by molar-refractivity contribution is 7.54. The molecule has 0 N–H and O–H groups in total.